The molecular formula is C16H18N4. The first-order valence-corrected chi connectivity index (χ1v) is 6.68. The Kier molecular flexibility index (Phi) is 3.39. The second kappa shape index (κ2) is 5.35. The molecule has 3 N–H and O–H groups in total. The molecule has 0 bridgehead atoms. The Morgan fingerprint density at radius 2 is 2.05 bits per heavy atom. The molecule has 0 unspecified atom stereocenters. The topological polar surface area (TPSA) is 57.9 Å². The Balaban J connectivity index is 1.81. The summed E-state index contributed by atoms with van der Waals surface area (Å²) < 4.78 is 0. The number of anilines is 1. The number of nitrogens with two attached hydrogens (primary N) is 1. The van der Waals surface area contributed by atoms with Crippen LogP contribution in [0, 0.1) is 0 Å². The number of benzene rings is 2. The molecule has 1 aromatic heterocycles. The summed E-state index contributed by atoms with van der Waals surface area (Å²) >= 11 is 0. The molecule has 20 heavy (non-hydrogen) atoms. The van der Waals surface area contributed by atoms with Gasteiger partial charge in [-0.15, -0.1) is 0 Å². The van der Waals surface area contributed by atoms with E-state index in [0.29, 0.717) is 6.54 Å². The van der Waals surface area contributed by atoms with E-state index in [2.05, 4.69) is 46.2 Å². The number of aromatic nitrogens is 2. The molecule has 0 amide bonds. The third-order valence-electron chi connectivity index (χ3n) is 3.49. The summed E-state index contributed by atoms with van der Waals surface area (Å²) in [5, 5.41) is 0. The fourth-order valence-electron chi connectivity index (χ4n) is 2.37. The fourth-order valence-corrected chi connectivity index (χ4v) is 2.37. The lowest BCUT2D eigenvalue weighted by Crippen LogP contribution is -2.16. The van der Waals surface area contributed by atoms with E-state index < -0.39 is 0 Å². The van der Waals surface area contributed by atoms with Crippen LogP contribution in [0.25, 0.3) is 11.0 Å². The zero-order valence-corrected chi connectivity index (χ0v) is 11.5. The minimum absolute atomic E-state index is 0.571. The zero-order valence-electron chi connectivity index (χ0n) is 11.5. The molecule has 0 spiro atoms. The summed E-state index contributed by atoms with van der Waals surface area (Å²) in [5.41, 5.74) is 11.4. The maximum absolute atomic E-state index is 5.69. The van der Waals surface area contributed by atoms with Gasteiger partial charge in [-0.2, -0.15) is 0 Å². The molecule has 0 atom stereocenters. The average molecular weight is 266 g/mol. The van der Waals surface area contributed by atoms with Gasteiger partial charge in [-0.05, 0) is 35.4 Å². The van der Waals surface area contributed by atoms with Crippen molar-refractivity contribution >= 4 is 16.7 Å². The van der Waals surface area contributed by atoms with E-state index in [1.54, 1.807) is 6.33 Å². The summed E-state index contributed by atoms with van der Waals surface area (Å²) in [6.45, 7) is 1.42. The largest absolute Gasteiger partial charge is 0.370 e. The van der Waals surface area contributed by atoms with Crippen LogP contribution < -0.4 is 10.6 Å². The van der Waals surface area contributed by atoms with Crippen LogP contribution in [0.15, 0.2) is 48.8 Å². The summed E-state index contributed by atoms with van der Waals surface area (Å²) in [7, 11) is 2.09. The highest BCUT2D eigenvalue weighted by Crippen LogP contribution is 2.19. The van der Waals surface area contributed by atoms with E-state index in [0.717, 1.165) is 23.1 Å². The van der Waals surface area contributed by atoms with Crippen molar-refractivity contribution in [2.75, 3.05) is 11.9 Å². The molecule has 1 heterocycles. The third-order valence-corrected chi connectivity index (χ3v) is 3.49. The van der Waals surface area contributed by atoms with Gasteiger partial charge in [0.1, 0.15) is 0 Å². The van der Waals surface area contributed by atoms with Gasteiger partial charge >= 0.3 is 0 Å². The minimum atomic E-state index is 0.571. The quantitative estimate of drug-likeness (QED) is 0.763. The maximum Gasteiger partial charge on any atom is 0.0931 e. The monoisotopic (exact) mass is 266 g/mol. The molecule has 0 saturated heterocycles. The number of aromatic amines is 1. The minimum Gasteiger partial charge on any atom is -0.370 e. The lowest BCUT2D eigenvalue weighted by molar-refractivity contribution is 0.920. The molecule has 0 radical (unpaired) electrons. The third kappa shape index (κ3) is 2.51. The van der Waals surface area contributed by atoms with Crippen LogP contribution in [-0.4, -0.2) is 17.0 Å². The molecule has 0 aliphatic carbocycles. The van der Waals surface area contributed by atoms with Gasteiger partial charge in [0.25, 0.3) is 0 Å². The second-order valence-electron chi connectivity index (χ2n) is 4.98. The van der Waals surface area contributed by atoms with Crippen molar-refractivity contribution in [2.45, 2.75) is 13.1 Å². The number of fused-ring (bicyclic) bond motifs is 1. The Bertz CT molecular complexity index is 717. The Morgan fingerprint density at radius 3 is 2.90 bits per heavy atom. The van der Waals surface area contributed by atoms with E-state index >= 15 is 0 Å². The first-order valence-electron chi connectivity index (χ1n) is 6.68. The molecule has 0 fully saturated rings. The molecule has 3 aromatic rings. The Hall–Kier alpha value is -2.33. The normalized spacial score (nSPS) is 10.9. The van der Waals surface area contributed by atoms with Gasteiger partial charge in [-0.25, -0.2) is 4.98 Å². The molecule has 0 aliphatic rings. The number of hydrogen-bond acceptors (Lipinski definition) is 3. The predicted molar refractivity (Wildman–Crippen MR) is 82.5 cm³/mol. The van der Waals surface area contributed by atoms with E-state index in [1.165, 1.54) is 11.3 Å². The van der Waals surface area contributed by atoms with Crippen LogP contribution in [-0.2, 0) is 13.1 Å². The van der Waals surface area contributed by atoms with Crippen molar-refractivity contribution in [3.8, 4) is 0 Å². The van der Waals surface area contributed by atoms with Crippen LogP contribution in [0.3, 0.4) is 0 Å². The lowest BCUT2D eigenvalue weighted by atomic mass is 10.1. The summed E-state index contributed by atoms with van der Waals surface area (Å²) in [6.07, 6.45) is 1.73. The molecular weight excluding hydrogens is 248 g/mol. The number of nitrogens with zero attached hydrogens (tertiary/aromatic N) is 2. The van der Waals surface area contributed by atoms with Crippen molar-refractivity contribution in [3.05, 3.63) is 59.9 Å². The SMILES string of the molecule is CN(Cc1ccc2nc[nH]c2c1)c1cccc(CN)c1. The van der Waals surface area contributed by atoms with Gasteiger partial charge in [0.15, 0.2) is 0 Å². The van der Waals surface area contributed by atoms with Crippen molar-refractivity contribution in [3.63, 3.8) is 0 Å². The lowest BCUT2D eigenvalue weighted by Gasteiger charge is -2.20. The van der Waals surface area contributed by atoms with Crippen molar-refractivity contribution < 1.29 is 0 Å². The molecule has 3 rings (SSSR count). The summed E-state index contributed by atoms with van der Waals surface area (Å²) in [6, 6.07) is 14.6. The smallest absolute Gasteiger partial charge is 0.0931 e. The van der Waals surface area contributed by atoms with Gasteiger partial charge in [-0.3, -0.25) is 0 Å². The van der Waals surface area contributed by atoms with Crippen LogP contribution in [0.5, 0.6) is 0 Å². The standard InChI is InChI=1S/C16H18N4/c1-20(14-4-2-3-12(7-14)9-17)10-13-5-6-15-16(8-13)19-11-18-15/h2-8,11H,9-10,17H2,1H3,(H,18,19). The molecule has 0 aliphatic heterocycles. The summed E-state index contributed by atoms with van der Waals surface area (Å²) in [4.78, 5) is 9.60. The van der Waals surface area contributed by atoms with E-state index in [-0.39, 0.29) is 0 Å². The van der Waals surface area contributed by atoms with Gasteiger partial charge in [0.2, 0.25) is 0 Å². The van der Waals surface area contributed by atoms with Crippen molar-refractivity contribution in [2.24, 2.45) is 5.73 Å². The van der Waals surface area contributed by atoms with Gasteiger partial charge in [-0.1, -0.05) is 18.2 Å². The van der Waals surface area contributed by atoms with E-state index in [4.69, 9.17) is 5.73 Å². The van der Waals surface area contributed by atoms with Crippen LogP contribution in [0.2, 0.25) is 0 Å². The van der Waals surface area contributed by atoms with Gasteiger partial charge in [0.05, 0.1) is 17.4 Å². The van der Waals surface area contributed by atoms with Gasteiger partial charge < -0.3 is 15.6 Å². The van der Waals surface area contributed by atoms with Crippen LogP contribution in [0.4, 0.5) is 5.69 Å². The van der Waals surface area contributed by atoms with Crippen molar-refractivity contribution in [1.82, 2.24) is 9.97 Å². The first kappa shape index (κ1) is 12.7. The summed E-state index contributed by atoms with van der Waals surface area (Å²) in [5.74, 6) is 0. The maximum atomic E-state index is 5.69. The average Bonchev–Trinajstić information content (AvgIpc) is 2.95. The Morgan fingerprint density at radius 1 is 1.15 bits per heavy atom. The fraction of sp³-hybridized carbons (Fsp3) is 0.188. The molecule has 2 aromatic carbocycles. The van der Waals surface area contributed by atoms with Crippen molar-refractivity contribution in [1.29, 1.82) is 0 Å². The number of imidazole rings is 1. The highest BCUT2D eigenvalue weighted by atomic mass is 15.1. The van der Waals surface area contributed by atoms with E-state index in [1.807, 2.05) is 18.2 Å². The number of rotatable bonds is 4. The molecule has 102 valence electrons. The second-order valence-corrected chi connectivity index (χ2v) is 4.98. The molecule has 4 heteroatoms. The Labute approximate surface area is 118 Å². The number of hydrogen-bond donors (Lipinski definition) is 2. The first-order chi connectivity index (χ1) is 9.76. The number of H-pyrrole nitrogens is 1. The highest BCUT2D eigenvalue weighted by Gasteiger charge is 2.04. The predicted octanol–water partition coefficient (Wildman–Crippen LogP) is 2.66. The van der Waals surface area contributed by atoms with Crippen LogP contribution >= 0.6 is 0 Å². The number of nitrogens with one attached hydrogen (secondary N) is 1. The highest BCUT2D eigenvalue weighted by molar-refractivity contribution is 5.75. The zero-order chi connectivity index (χ0) is 13.9. The molecule has 4 nitrogen and oxygen atoms in total. The molecule has 0 saturated carbocycles. The van der Waals surface area contributed by atoms with Gasteiger partial charge in [0, 0.05) is 25.8 Å². The van der Waals surface area contributed by atoms with Crippen LogP contribution in [0.1, 0.15) is 11.1 Å². The van der Waals surface area contributed by atoms with E-state index in [9.17, 15) is 0 Å².